The van der Waals surface area contributed by atoms with Crippen LogP contribution in [0.5, 0.6) is 5.75 Å². The molecule has 3 N–H and O–H groups in total. The smallest absolute Gasteiger partial charge is 0.345 e. The van der Waals surface area contributed by atoms with E-state index >= 15 is 0 Å². The third-order valence-corrected chi connectivity index (χ3v) is 2.53. The van der Waals surface area contributed by atoms with Crippen molar-refractivity contribution in [3.05, 3.63) is 59.9 Å². The molecule has 102 valence electrons. The number of carbonyl (C=O) groups is 1. The number of anilines is 1. The van der Waals surface area contributed by atoms with E-state index in [-0.39, 0.29) is 16.4 Å². The lowest BCUT2D eigenvalue weighted by molar-refractivity contribution is 0.0735. The molecule has 0 amide bonds. The zero-order chi connectivity index (χ0) is 14.5. The van der Waals surface area contributed by atoms with Crippen molar-refractivity contribution in [3.63, 3.8) is 0 Å². The summed E-state index contributed by atoms with van der Waals surface area (Å²) in [5, 5.41) is 2.75. The second-order valence-corrected chi connectivity index (χ2v) is 4.32. The fourth-order valence-corrected chi connectivity index (χ4v) is 1.68. The number of benzene rings is 2. The van der Waals surface area contributed by atoms with Gasteiger partial charge >= 0.3 is 5.97 Å². The number of carbonyl (C=O) groups excluding carboxylic acids is 1. The fraction of sp³-hybridized carbons (Fsp3) is 0. The van der Waals surface area contributed by atoms with Crippen molar-refractivity contribution >= 4 is 29.0 Å². The van der Waals surface area contributed by atoms with Gasteiger partial charge in [-0.05, 0) is 48.6 Å². The Morgan fingerprint density at radius 1 is 1.15 bits per heavy atom. The predicted molar refractivity (Wildman–Crippen MR) is 78.2 cm³/mol. The summed E-state index contributed by atoms with van der Waals surface area (Å²) in [5.41, 5.74) is 6.12. The van der Waals surface area contributed by atoms with Crippen LogP contribution in [0, 0.1) is 5.82 Å². The second kappa shape index (κ2) is 6.12. The first kappa shape index (κ1) is 14.0. The number of para-hydroxylation sites is 1. The summed E-state index contributed by atoms with van der Waals surface area (Å²) >= 11 is 4.74. The average Bonchev–Trinajstić information content (AvgIpc) is 2.41. The summed E-state index contributed by atoms with van der Waals surface area (Å²) in [6.07, 6.45) is 0. The zero-order valence-corrected chi connectivity index (χ0v) is 11.1. The summed E-state index contributed by atoms with van der Waals surface area (Å²) < 4.78 is 17.9. The van der Waals surface area contributed by atoms with E-state index < -0.39 is 11.8 Å². The molecule has 0 bridgehead atoms. The summed E-state index contributed by atoms with van der Waals surface area (Å²) in [4.78, 5) is 12.1. The van der Waals surface area contributed by atoms with Crippen LogP contribution in [-0.4, -0.2) is 11.1 Å². The van der Waals surface area contributed by atoms with Crippen molar-refractivity contribution in [2.45, 2.75) is 0 Å². The maximum atomic E-state index is 12.8. The topological polar surface area (TPSA) is 64.3 Å². The number of nitrogens with two attached hydrogens (primary N) is 1. The Morgan fingerprint density at radius 2 is 1.80 bits per heavy atom. The van der Waals surface area contributed by atoms with Gasteiger partial charge in [0.05, 0.1) is 11.3 Å². The van der Waals surface area contributed by atoms with E-state index in [2.05, 4.69) is 5.32 Å². The van der Waals surface area contributed by atoms with E-state index in [4.69, 9.17) is 22.7 Å². The van der Waals surface area contributed by atoms with E-state index in [1.54, 1.807) is 24.3 Å². The first-order valence-electron chi connectivity index (χ1n) is 5.69. The van der Waals surface area contributed by atoms with Crippen LogP contribution < -0.4 is 15.8 Å². The quantitative estimate of drug-likeness (QED) is 0.517. The third-order valence-electron chi connectivity index (χ3n) is 2.43. The zero-order valence-electron chi connectivity index (χ0n) is 10.3. The molecule has 0 fully saturated rings. The van der Waals surface area contributed by atoms with Gasteiger partial charge < -0.3 is 15.8 Å². The molecule has 0 atom stereocenters. The second-order valence-electron chi connectivity index (χ2n) is 3.88. The number of ether oxygens (including phenoxy) is 1. The monoisotopic (exact) mass is 290 g/mol. The molecule has 0 aromatic heterocycles. The fourth-order valence-electron chi connectivity index (χ4n) is 1.57. The van der Waals surface area contributed by atoms with Crippen LogP contribution in [-0.2, 0) is 0 Å². The highest BCUT2D eigenvalue weighted by molar-refractivity contribution is 7.80. The molecular formula is C14H11FN2O2S. The molecule has 0 spiro atoms. The first-order chi connectivity index (χ1) is 9.56. The van der Waals surface area contributed by atoms with Crippen LogP contribution in [0.15, 0.2) is 48.5 Å². The van der Waals surface area contributed by atoms with Gasteiger partial charge in [-0.2, -0.15) is 0 Å². The maximum Gasteiger partial charge on any atom is 0.345 e. The Balaban J connectivity index is 2.20. The summed E-state index contributed by atoms with van der Waals surface area (Å²) in [7, 11) is 0. The number of hydrogen-bond acceptors (Lipinski definition) is 3. The van der Waals surface area contributed by atoms with Crippen molar-refractivity contribution < 1.29 is 13.9 Å². The van der Waals surface area contributed by atoms with Crippen molar-refractivity contribution in [1.29, 1.82) is 0 Å². The highest BCUT2D eigenvalue weighted by Gasteiger charge is 2.13. The normalized spacial score (nSPS) is 9.85. The number of halogens is 1. The number of hydrogen-bond donors (Lipinski definition) is 2. The molecule has 2 aromatic carbocycles. The molecule has 0 saturated carbocycles. The Bertz CT molecular complexity index is 644. The molecule has 0 aliphatic rings. The first-order valence-corrected chi connectivity index (χ1v) is 6.10. The molecule has 0 saturated heterocycles. The van der Waals surface area contributed by atoms with E-state index in [0.717, 1.165) is 0 Å². The van der Waals surface area contributed by atoms with E-state index in [1.807, 2.05) is 0 Å². The van der Waals surface area contributed by atoms with Crippen molar-refractivity contribution in [3.8, 4) is 5.75 Å². The van der Waals surface area contributed by atoms with Gasteiger partial charge in [-0.1, -0.05) is 12.1 Å². The molecule has 20 heavy (non-hydrogen) atoms. The van der Waals surface area contributed by atoms with Crippen LogP contribution in [0.25, 0.3) is 0 Å². The molecule has 6 heteroatoms. The highest BCUT2D eigenvalue weighted by atomic mass is 32.1. The van der Waals surface area contributed by atoms with Gasteiger partial charge in [-0.25, -0.2) is 9.18 Å². The largest absolute Gasteiger partial charge is 0.423 e. The Morgan fingerprint density at radius 3 is 2.45 bits per heavy atom. The van der Waals surface area contributed by atoms with Crippen LogP contribution in [0.1, 0.15) is 10.4 Å². The van der Waals surface area contributed by atoms with Crippen LogP contribution in [0.3, 0.4) is 0 Å². The van der Waals surface area contributed by atoms with Gasteiger partial charge in [0.1, 0.15) is 11.6 Å². The molecular weight excluding hydrogens is 279 g/mol. The van der Waals surface area contributed by atoms with Gasteiger partial charge in [0.15, 0.2) is 5.11 Å². The lowest BCUT2D eigenvalue weighted by Crippen LogP contribution is -2.21. The molecule has 2 rings (SSSR count). The molecule has 0 heterocycles. The predicted octanol–water partition coefficient (Wildman–Crippen LogP) is 2.70. The van der Waals surface area contributed by atoms with Crippen molar-refractivity contribution in [2.75, 3.05) is 5.32 Å². The lowest BCUT2D eigenvalue weighted by atomic mass is 10.2. The van der Waals surface area contributed by atoms with Crippen molar-refractivity contribution in [2.24, 2.45) is 5.73 Å². The minimum Gasteiger partial charge on any atom is -0.423 e. The van der Waals surface area contributed by atoms with Gasteiger partial charge in [-0.15, -0.1) is 0 Å². The lowest BCUT2D eigenvalue weighted by Gasteiger charge is -2.10. The molecule has 2 aromatic rings. The summed E-state index contributed by atoms with van der Waals surface area (Å²) in [5.74, 6) is -0.738. The SMILES string of the molecule is NC(=S)Nc1ccccc1C(=O)Oc1ccc(F)cc1. The van der Waals surface area contributed by atoms with E-state index in [1.165, 1.54) is 24.3 Å². The van der Waals surface area contributed by atoms with Crippen LogP contribution in [0.4, 0.5) is 10.1 Å². The minimum atomic E-state index is -0.587. The molecule has 0 aliphatic heterocycles. The Hall–Kier alpha value is -2.47. The van der Waals surface area contributed by atoms with Gasteiger partial charge in [-0.3, -0.25) is 0 Å². The van der Waals surface area contributed by atoms with Gasteiger partial charge in [0.25, 0.3) is 0 Å². The van der Waals surface area contributed by atoms with E-state index in [0.29, 0.717) is 5.69 Å². The highest BCUT2D eigenvalue weighted by Crippen LogP contribution is 2.19. The number of nitrogens with one attached hydrogen (secondary N) is 1. The summed E-state index contributed by atoms with van der Waals surface area (Å²) in [6, 6.07) is 11.8. The molecule has 4 nitrogen and oxygen atoms in total. The minimum absolute atomic E-state index is 0.0482. The van der Waals surface area contributed by atoms with Crippen molar-refractivity contribution in [1.82, 2.24) is 0 Å². The van der Waals surface area contributed by atoms with Gasteiger partial charge in [0.2, 0.25) is 0 Å². The average molecular weight is 290 g/mol. The Labute approximate surface area is 120 Å². The standard InChI is InChI=1S/C14H11FN2O2S/c15-9-5-7-10(8-6-9)19-13(18)11-3-1-2-4-12(11)17-14(16)20/h1-8H,(H3,16,17,20). The third kappa shape index (κ3) is 3.52. The summed E-state index contributed by atoms with van der Waals surface area (Å²) in [6.45, 7) is 0. The van der Waals surface area contributed by atoms with Gasteiger partial charge in [0, 0.05) is 0 Å². The molecule has 0 radical (unpaired) electrons. The van der Waals surface area contributed by atoms with E-state index in [9.17, 15) is 9.18 Å². The molecule has 0 unspecified atom stereocenters. The van der Waals surface area contributed by atoms with Crippen LogP contribution in [0.2, 0.25) is 0 Å². The number of rotatable bonds is 3. The Kier molecular flexibility index (Phi) is 4.27. The number of esters is 1. The maximum absolute atomic E-state index is 12.8. The number of thiocarbonyl (C=S) groups is 1. The van der Waals surface area contributed by atoms with Crippen LogP contribution >= 0.6 is 12.2 Å². The molecule has 0 aliphatic carbocycles.